The molecule has 6 rings (SSSR count). The van der Waals surface area contributed by atoms with Crippen LogP contribution in [-0.2, 0) is 11.2 Å². The van der Waals surface area contributed by atoms with Crippen LogP contribution in [0.1, 0.15) is 54.5 Å². The molecule has 158 valence electrons. The number of H-pyrrole nitrogens is 1. The van der Waals surface area contributed by atoms with Crippen LogP contribution in [0.25, 0.3) is 10.9 Å². The highest BCUT2D eigenvalue weighted by Gasteiger charge is 2.42. The van der Waals surface area contributed by atoms with Crippen molar-refractivity contribution >= 4 is 16.6 Å². The Kier molecular flexibility index (Phi) is 4.85. The van der Waals surface area contributed by atoms with Crippen molar-refractivity contribution in [1.82, 2.24) is 9.88 Å². The molecule has 4 heteroatoms. The summed E-state index contributed by atoms with van der Waals surface area (Å²) < 4.78 is 6.28. The number of hydrogen-bond donors (Lipinski definition) is 2. The van der Waals surface area contributed by atoms with Crippen molar-refractivity contribution in [3.8, 4) is 12.0 Å². The molecule has 3 unspecified atom stereocenters. The maximum atomic E-state index is 6.28. The third-order valence-electron chi connectivity index (χ3n) is 7.14. The van der Waals surface area contributed by atoms with Gasteiger partial charge in [0.05, 0.1) is 12.1 Å². The second-order valence-corrected chi connectivity index (χ2v) is 9.09. The zero-order valence-electron chi connectivity index (χ0n) is 17.9. The van der Waals surface area contributed by atoms with Crippen molar-refractivity contribution in [3.63, 3.8) is 0 Å². The molecule has 0 spiro atoms. The Bertz CT molecular complexity index is 1150. The van der Waals surface area contributed by atoms with E-state index in [0.29, 0.717) is 5.92 Å². The lowest BCUT2D eigenvalue weighted by Crippen LogP contribution is -2.29. The average molecular weight is 412 g/mol. The van der Waals surface area contributed by atoms with E-state index in [2.05, 4.69) is 75.8 Å². The second-order valence-electron chi connectivity index (χ2n) is 9.09. The summed E-state index contributed by atoms with van der Waals surface area (Å²) in [5.41, 5.74) is 6.33. The normalized spacial score (nSPS) is 24.8. The van der Waals surface area contributed by atoms with Gasteiger partial charge in [0.2, 0.25) is 0 Å². The zero-order valence-corrected chi connectivity index (χ0v) is 17.9. The van der Waals surface area contributed by atoms with Gasteiger partial charge in [0, 0.05) is 66.4 Å². The van der Waals surface area contributed by atoms with Gasteiger partial charge in [-0.1, -0.05) is 36.3 Å². The predicted octanol–water partition coefficient (Wildman–Crippen LogP) is 5.40. The lowest BCUT2D eigenvalue weighted by atomic mass is 9.80. The number of ether oxygens (including phenoxy) is 1. The van der Waals surface area contributed by atoms with Gasteiger partial charge in [-0.3, -0.25) is 0 Å². The van der Waals surface area contributed by atoms with Crippen molar-refractivity contribution in [2.24, 2.45) is 5.92 Å². The van der Waals surface area contributed by atoms with Crippen molar-refractivity contribution in [3.05, 3.63) is 65.4 Å². The van der Waals surface area contributed by atoms with E-state index in [1.54, 1.807) is 0 Å². The molecule has 3 aromatic rings. The topological polar surface area (TPSA) is 40.3 Å². The van der Waals surface area contributed by atoms with Crippen LogP contribution >= 0.6 is 0 Å². The van der Waals surface area contributed by atoms with Gasteiger partial charge in [-0.2, -0.15) is 0 Å². The number of likely N-dealkylation sites (tertiary alicyclic amines) is 1. The molecule has 3 aliphatic heterocycles. The lowest BCUT2D eigenvalue weighted by molar-refractivity contribution is 0.0830. The van der Waals surface area contributed by atoms with Crippen LogP contribution in [0.2, 0.25) is 0 Å². The van der Waals surface area contributed by atoms with Gasteiger partial charge < -0.3 is 19.9 Å². The van der Waals surface area contributed by atoms with Crippen LogP contribution in [0.3, 0.4) is 0 Å². The number of nitrogens with zero attached hydrogens (tertiary/aromatic N) is 1. The van der Waals surface area contributed by atoms with Crippen molar-refractivity contribution < 1.29 is 4.74 Å². The quantitative estimate of drug-likeness (QED) is 0.555. The number of rotatable bonds is 2. The molecule has 2 saturated heterocycles. The molecule has 31 heavy (non-hydrogen) atoms. The number of para-hydroxylation sites is 1. The van der Waals surface area contributed by atoms with Crippen LogP contribution in [0, 0.1) is 17.9 Å². The van der Waals surface area contributed by atoms with E-state index in [9.17, 15) is 0 Å². The fourth-order valence-electron chi connectivity index (χ4n) is 5.55. The average Bonchev–Trinajstić information content (AvgIpc) is 3.47. The smallest absolute Gasteiger partial charge is 0.0896 e. The molecule has 0 aliphatic carbocycles. The molecule has 4 heterocycles. The largest absolute Gasteiger partial charge is 0.377 e. The number of piperidine rings is 1. The maximum Gasteiger partial charge on any atom is 0.0896 e. The summed E-state index contributed by atoms with van der Waals surface area (Å²) in [6.07, 6.45) is 8.11. The van der Waals surface area contributed by atoms with Crippen molar-refractivity contribution in [2.45, 2.75) is 44.2 Å². The molecule has 2 fully saturated rings. The summed E-state index contributed by atoms with van der Waals surface area (Å²) in [6, 6.07) is 19.0. The summed E-state index contributed by atoms with van der Waals surface area (Å²) in [6.45, 7) is 3.07. The number of benzene rings is 2. The summed E-state index contributed by atoms with van der Waals surface area (Å²) in [7, 11) is 0. The van der Waals surface area contributed by atoms with E-state index >= 15 is 0 Å². The SMILES string of the molecule is C(#CN1CCCCC1)Cc1ccc2c(c1)C1OCCC1C(c1c[nH]c3ccccc13)N2. The summed E-state index contributed by atoms with van der Waals surface area (Å²) >= 11 is 0. The summed E-state index contributed by atoms with van der Waals surface area (Å²) in [4.78, 5) is 5.73. The number of anilines is 1. The highest BCUT2D eigenvalue weighted by Crippen LogP contribution is 2.50. The fraction of sp³-hybridized carbons (Fsp3) is 0.407. The molecule has 3 atom stereocenters. The second kappa shape index (κ2) is 7.98. The van der Waals surface area contributed by atoms with E-state index in [1.165, 1.54) is 52.5 Å². The molecule has 2 N–H and O–H groups in total. The molecule has 0 radical (unpaired) electrons. The molecule has 0 bridgehead atoms. The Balaban J connectivity index is 1.27. The first kappa shape index (κ1) is 18.8. The molecule has 1 aromatic heterocycles. The van der Waals surface area contributed by atoms with Crippen molar-refractivity contribution in [1.29, 1.82) is 0 Å². The Labute approximate surface area is 184 Å². The van der Waals surface area contributed by atoms with Crippen molar-refractivity contribution in [2.75, 3.05) is 25.0 Å². The van der Waals surface area contributed by atoms with Crippen LogP contribution < -0.4 is 5.32 Å². The minimum atomic E-state index is 0.157. The molecule has 0 amide bonds. The standard InChI is InChI=1S/C27H29N3O/c1-4-13-30(14-5-1)15-6-7-19-10-11-25-22(17-19)27-21(12-16-31-27)26(29-25)23-18-28-24-9-3-2-8-20(23)24/h2-3,8-11,17-18,21,26-29H,1,4-5,7,12-14,16H2. The maximum absolute atomic E-state index is 6.28. The molecular formula is C27H29N3O. The Morgan fingerprint density at radius 2 is 1.94 bits per heavy atom. The zero-order chi connectivity index (χ0) is 20.6. The number of nitrogens with one attached hydrogen (secondary N) is 2. The van der Waals surface area contributed by atoms with Crippen LogP contribution in [0.5, 0.6) is 0 Å². The lowest BCUT2D eigenvalue weighted by Gasteiger charge is -2.36. The fourth-order valence-corrected chi connectivity index (χ4v) is 5.55. The number of aromatic amines is 1. The van der Waals surface area contributed by atoms with E-state index in [4.69, 9.17) is 4.74 Å². The number of fused-ring (bicyclic) bond motifs is 4. The van der Waals surface area contributed by atoms with Crippen LogP contribution in [0.15, 0.2) is 48.7 Å². The Morgan fingerprint density at radius 3 is 2.87 bits per heavy atom. The third kappa shape index (κ3) is 3.47. The number of aromatic nitrogens is 1. The van der Waals surface area contributed by atoms with Crippen LogP contribution in [-0.4, -0.2) is 29.6 Å². The van der Waals surface area contributed by atoms with E-state index in [0.717, 1.165) is 32.5 Å². The number of hydrogen-bond acceptors (Lipinski definition) is 3. The Hall–Kier alpha value is -2.90. The predicted molar refractivity (Wildman–Crippen MR) is 125 cm³/mol. The van der Waals surface area contributed by atoms with Gasteiger partial charge >= 0.3 is 0 Å². The molecule has 2 aromatic carbocycles. The van der Waals surface area contributed by atoms with Gasteiger partial charge in [0.1, 0.15) is 0 Å². The van der Waals surface area contributed by atoms with Gasteiger partial charge in [-0.15, -0.1) is 0 Å². The summed E-state index contributed by atoms with van der Waals surface area (Å²) in [5.74, 6) is 3.85. The van der Waals surface area contributed by atoms with Crippen LogP contribution in [0.4, 0.5) is 5.69 Å². The van der Waals surface area contributed by atoms with Gasteiger partial charge in [0.25, 0.3) is 0 Å². The Morgan fingerprint density at radius 1 is 1.03 bits per heavy atom. The minimum Gasteiger partial charge on any atom is -0.377 e. The first-order chi connectivity index (χ1) is 15.4. The highest BCUT2D eigenvalue weighted by molar-refractivity contribution is 5.84. The minimum absolute atomic E-state index is 0.157. The molecule has 0 saturated carbocycles. The monoisotopic (exact) mass is 411 g/mol. The summed E-state index contributed by atoms with van der Waals surface area (Å²) in [5, 5.41) is 5.16. The van der Waals surface area contributed by atoms with Gasteiger partial charge in [0.15, 0.2) is 0 Å². The highest BCUT2D eigenvalue weighted by atomic mass is 16.5. The third-order valence-corrected chi connectivity index (χ3v) is 7.14. The molecule has 3 aliphatic rings. The van der Waals surface area contributed by atoms with Gasteiger partial charge in [-0.25, -0.2) is 0 Å². The van der Waals surface area contributed by atoms with E-state index in [1.807, 2.05) is 0 Å². The first-order valence-electron chi connectivity index (χ1n) is 11.7. The first-order valence-corrected chi connectivity index (χ1v) is 11.7. The van der Waals surface area contributed by atoms with E-state index < -0.39 is 0 Å². The van der Waals surface area contributed by atoms with E-state index in [-0.39, 0.29) is 12.1 Å². The molecule has 4 nitrogen and oxygen atoms in total. The van der Waals surface area contributed by atoms with Gasteiger partial charge in [-0.05, 0) is 48.9 Å². The molecular weight excluding hydrogens is 382 g/mol.